The summed E-state index contributed by atoms with van der Waals surface area (Å²) in [6, 6.07) is 0. The van der Waals surface area contributed by atoms with E-state index in [-0.39, 0.29) is 18.0 Å². The molecule has 0 saturated heterocycles. The SMILES string of the molecule is CCCC(O)C(CC)COC(=O)CC. The molecule has 0 rings (SSSR count). The van der Waals surface area contributed by atoms with E-state index in [1.165, 1.54) is 0 Å². The number of ether oxygens (including phenoxy) is 1. The molecule has 84 valence electrons. The van der Waals surface area contributed by atoms with Crippen LogP contribution in [0.15, 0.2) is 0 Å². The highest BCUT2D eigenvalue weighted by molar-refractivity contribution is 5.68. The van der Waals surface area contributed by atoms with Gasteiger partial charge in [0.05, 0.1) is 12.7 Å². The molecule has 0 amide bonds. The number of carbonyl (C=O) groups is 1. The number of hydrogen-bond donors (Lipinski definition) is 1. The van der Waals surface area contributed by atoms with Crippen molar-refractivity contribution in [3.63, 3.8) is 0 Å². The fraction of sp³-hybridized carbons (Fsp3) is 0.909. The van der Waals surface area contributed by atoms with E-state index < -0.39 is 0 Å². The summed E-state index contributed by atoms with van der Waals surface area (Å²) in [5, 5.41) is 9.70. The molecule has 14 heavy (non-hydrogen) atoms. The Morgan fingerprint density at radius 1 is 1.36 bits per heavy atom. The van der Waals surface area contributed by atoms with Gasteiger partial charge in [-0.2, -0.15) is 0 Å². The van der Waals surface area contributed by atoms with Crippen molar-refractivity contribution in [3.05, 3.63) is 0 Å². The number of aliphatic hydroxyl groups is 1. The molecule has 0 saturated carbocycles. The van der Waals surface area contributed by atoms with Crippen LogP contribution in [0, 0.1) is 5.92 Å². The maximum absolute atomic E-state index is 10.9. The second kappa shape index (κ2) is 7.80. The lowest BCUT2D eigenvalue weighted by molar-refractivity contribution is -0.145. The zero-order valence-electron chi connectivity index (χ0n) is 9.45. The molecule has 3 nitrogen and oxygen atoms in total. The van der Waals surface area contributed by atoms with Crippen molar-refractivity contribution in [1.29, 1.82) is 0 Å². The predicted octanol–water partition coefficient (Wildman–Crippen LogP) is 2.13. The minimum absolute atomic E-state index is 0.0884. The lowest BCUT2D eigenvalue weighted by Gasteiger charge is -2.20. The Morgan fingerprint density at radius 3 is 2.43 bits per heavy atom. The zero-order valence-corrected chi connectivity index (χ0v) is 9.45. The molecule has 0 aromatic heterocycles. The van der Waals surface area contributed by atoms with Gasteiger partial charge in [-0.15, -0.1) is 0 Å². The van der Waals surface area contributed by atoms with Crippen LogP contribution in [0.5, 0.6) is 0 Å². The predicted molar refractivity (Wildman–Crippen MR) is 55.9 cm³/mol. The Bertz CT molecular complexity index is 157. The maximum Gasteiger partial charge on any atom is 0.305 e. The normalized spacial score (nSPS) is 14.9. The van der Waals surface area contributed by atoms with E-state index in [0.29, 0.717) is 13.0 Å². The molecular weight excluding hydrogens is 180 g/mol. The molecule has 2 unspecified atom stereocenters. The number of rotatable bonds is 7. The van der Waals surface area contributed by atoms with Crippen molar-refractivity contribution in [1.82, 2.24) is 0 Å². The maximum atomic E-state index is 10.9. The van der Waals surface area contributed by atoms with Crippen molar-refractivity contribution in [3.8, 4) is 0 Å². The van der Waals surface area contributed by atoms with E-state index in [1.54, 1.807) is 6.92 Å². The molecule has 0 aromatic carbocycles. The number of carbonyl (C=O) groups excluding carboxylic acids is 1. The van der Waals surface area contributed by atoms with Crippen LogP contribution in [0.2, 0.25) is 0 Å². The molecule has 3 heteroatoms. The number of esters is 1. The third-order valence-corrected chi connectivity index (χ3v) is 2.40. The van der Waals surface area contributed by atoms with Crippen molar-refractivity contribution in [2.24, 2.45) is 5.92 Å². The zero-order chi connectivity index (χ0) is 11.0. The van der Waals surface area contributed by atoms with Gasteiger partial charge in [0.15, 0.2) is 0 Å². The third kappa shape index (κ3) is 5.22. The average molecular weight is 202 g/mol. The van der Waals surface area contributed by atoms with Gasteiger partial charge in [-0.3, -0.25) is 4.79 Å². The van der Waals surface area contributed by atoms with Gasteiger partial charge in [-0.25, -0.2) is 0 Å². The van der Waals surface area contributed by atoms with Crippen LogP contribution in [-0.2, 0) is 9.53 Å². The Kier molecular flexibility index (Phi) is 7.48. The molecule has 0 spiro atoms. The monoisotopic (exact) mass is 202 g/mol. The Balaban J connectivity index is 3.83. The second-order valence-corrected chi connectivity index (χ2v) is 3.56. The van der Waals surface area contributed by atoms with E-state index in [0.717, 1.165) is 19.3 Å². The smallest absolute Gasteiger partial charge is 0.305 e. The van der Waals surface area contributed by atoms with E-state index >= 15 is 0 Å². The summed E-state index contributed by atoms with van der Waals surface area (Å²) in [6.07, 6.45) is 2.65. The molecule has 2 atom stereocenters. The first-order chi connectivity index (χ1) is 6.65. The average Bonchev–Trinajstić information content (AvgIpc) is 2.18. The molecular formula is C11H22O3. The van der Waals surface area contributed by atoms with Gasteiger partial charge >= 0.3 is 5.97 Å². The van der Waals surface area contributed by atoms with Gasteiger partial charge in [0.25, 0.3) is 0 Å². The molecule has 0 bridgehead atoms. The summed E-state index contributed by atoms with van der Waals surface area (Å²) >= 11 is 0. The van der Waals surface area contributed by atoms with Crippen molar-refractivity contribution in [2.75, 3.05) is 6.61 Å². The van der Waals surface area contributed by atoms with Crippen LogP contribution in [0.1, 0.15) is 46.5 Å². The van der Waals surface area contributed by atoms with Crippen LogP contribution >= 0.6 is 0 Å². The minimum atomic E-state index is -0.338. The second-order valence-electron chi connectivity index (χ2n) is 3.56. The summed E-state index contributed by atoms with van der Waals surface area (Å²) in [5.41, 5.74) is 0. The van der Waals surface area contributed by atoms with Gasteiger partial charge in [0, 0.05) is 12.3 Å². The number of hydrogen-bond acceptors (Lipinski definition) is 3. The van der Waals surface area contributed by atoms with Gasteiger partial charge in [-0.1, -0.05) is 27.2 Å². The molecule has 0 heterocycles. The van der Waals surface area contributed by atoms with E-state index in [4.69, 9.17) is 4.74 Å². The molecule has 0 aliphatic carbocycles. The van der Waals surface area contributed by atoms with E-state index in [2.05, 4.69) is 0 Å². The molecule has 1 N–H and O–H groups in total. The molecule has 0 fully saturated rings. The van der Waals surface area contributed by atoms with Gasteiger partial charge < -0.3 is 9.84 Å². The topological polar surface area (TPSA) is 46.5 Å². The van der Waals surface area contributed by atoms with Crippen LogP contribution in [0.3, 0.4) is 0 Å². The highest BCUT2D eigenvalue weighted by atomic mass is 16.5. The summed E-state index contributed by atoms with van der Waals surface area (Å²) in [4.78, 5) is 10.9. The van der Waals surface area contributed by atoms with Crippen molar-refractivity contribution < 1.29 is 14.6 Å². The first-order valence-electron chi connectivity index (χ1n) is 5.49. The van der Waals surface area contributed by atoms with Crippen molar-refractivity contribution >= 4 is 5.97 Å². The van der Waals surface area contributed by atoms with Crippen LogP contribution < -0.4 is 0 Å². The first kappa shape index (κ1) is 13.4. The lowest BCUT2D eigenvalue weighted by atomic mass is 9.97. The van der Waals surface area contributed by atoms with Gasteiger partial charge in [0.2, 0.25) is 0 Å². The molecule has 0 radical (unpaired) electrons. The fourth-order valence-electron chi connectivity index (χ4n) is 1.33. The minimum Gasteiger partial charge on any atom is -0.465 e. The summed E-state index contributed by atoms with van der Waals surface area (Å²) in [6.45, 7) is 6.16. The van der Waals surface area contributed by atoms with Gasteiger partial charge in [0.1, 0.15) is 0 Å². The van der Waals surface area contributed by atoms with E-state index in [1.807, 2.05) is 13.8 Å². The van der Waals surface area contributed by atoms with Gasteiger partial charge in [-0.05, 0) is 12.8 Å². The van der Waals surface area contributed by atoms with E-state index in [9.17, 15) is 9.90 Å². The highest BCUT2D eigenvalue weighted by Gasteiger charge is 2.17. The third-order valence-electron chi connectivity index (χ3n) is 2.40. The lowest BCUT2D eigenvalue weighted by Crippen LogP contribution is -2.25. The fourth-order valence-corrected chi connectivity index (χ4v) is 1.33. The van der Waals surface area contributed by atoms with Crippen LogP contribution in [0.4, 0.5) is 0 Å². The molecule has 0 aromatic rings. The molecule has 0 aliphatic heterocycles. The summed E-state index contributed by atoms with van der Waals surface area (Å²) < 4.78 is 5.01. The quantitative estimate of drug-likeness (QED) is 0.643. The molecule has 0 aliphatic rings. The van der Waals surface area contributed by atoms with Crippen LogP contribution in [0.25, 0.3) is 0 Å². The van der Waals surface area contributed by atoms with Crippen molar-refractivity contribution in [2.45, 2.75) is 52.6 Å². The summed E-state index contributed by atoms with van der Waals surface area (Å²) in [7, 11) is 0. The summed E-state index contributed by atoms with van der Waals surface area (Å²) in [5.74, 6) is -0.0994. The Labute approximate surface area is 86.5 Å². The Morgan fingerprint density at radius 2 is 2.00 bits per heavy atom. The largest absolute Gasteiger partial charge is 0.465 e. The number of aliphatic hydroxyl groups excluding tert-OH is 1. The Hall–Kier alpha value is -0.570. The standard InChI is InChI=1S/C11H22O3/c1-4-7-10(12)9(5-2)8-14-11(13)6-3/h9-10,12H,4-8H2,1-3H3. The van der Waals surface area contributed by atoms with Crippen LogP contribution in [-0.4, -0.2) is 23.8 Å². The highest BCUT2D eigenvalue weighted by Crippen LogP contribution is 2.14. The first-order valence-corrected chi connectivity index (χ1v) is 5.49.